The number of hydrazine groups is 1. The lowest BCUT2D eigenvalue weighted by atomic mass is 9.78. The zero-order valence-electron chi connectivity index (χ0n) is 21.1. The lowest BCUT2D eigenvalue weighted by Gasteiger charge is -2.48. The van der Waals surface area contributed by atoms with Gasteiger partial charge >= 0.3 is 0 Å². The first kappa shape index (κ1) is 23.1. The van der Waals surface area contributed by atoms with E-state index in [0.29, 0.717) is 24.0 Å². The maximum Gasteiger partial charge on any atom is 0.171 e. The Morgan fingerprint density at radius 3 is 2.63 bits per heavy atom. The molecule has 5 fully saturated rings. The number of methoxy groups -OCH3 is 1. The first-order valence-electron chi connectivity index (χ1n) is 13.0. The number of piperidine rings is 1. The van der Waals surface area contributed by atoms with Crippen LogP contribution in [0.15, 0.2) is 18.5 Å². The quantitative estimate of drug-likeness (QED) is 0.577. The van der Waals surface area contributed by atoms with Crippen molar-refractivity contribution in [1.82, 2.24) is 31.3 Å². The van der Waals surface area contributed by atoms with Crippen LogP contribution in [0.1, 0.15) is 67.1 Å². The normalized spacial score (nSPS) is 32.6. The third kappa shape index (κ3) is 4.28. The highest BCUT2D eigenvalue weighted by atomic mass is 16.5. The highest BCUT2D eigenvalue weighted by molar-refractivity contribution is 5.55. The fraction of sp³-hybridized carbons (Fsp3) is 0.654. The highest BCUT2D eigenvalue weighted by Crippen LogP contribution is 2.42. The van der Waals surface area contributed by atoms with E-state index in [0.717, 1.165) is 60.7 Å². The van der Waals surface area contributed by atoms with E-state index in [1.165, 1.54) is 12.0 Å². The summed E-state index contributed by atoms with van der Waals surface area (Å²) in [5.41, 5.74) is 11.5. The van der Waals surface area contributed by atoms with Crippen LogP contribution in [0.5, 0.6) is 5.75 Å². The van der Waals surface area contributed by atoms with Gasteiger partial charge in [-0.2, -0.15) is 10.2 Å². The summed E-state index contributed by atoms with van der Waals surface area (Å²) in [7, 11) is 1.75. The van der Waals surface area contributed by atoms with Gasteiger partial charge in [-0.1, -0.05) is 0 Å². The van der Waals surface area contributed by atoms with Gasteiger partial charge < -0.3 is 19.7 Å². The summed E-state index contributed by atoms with van der Waals surface area (Å²) in [6, 6.07) is 3.96. The van der Waals surface area contributed by atoms with Gasteiger partial charge in [0.25, 0.3) is 0 Å². The number of ether oxygens (including phenoxy) is 2. The predicted molar refractivity (Wildman–Crippen MR) is 133 cm³/mol. The van der Waals surface area contributed by atoms with Crippen molar-refractivity contribution >= 4 is 5.82 Å². The molecule has 0 amide bonds. The van der Waals surface area contributed by atoms with Crippen LogP contribution in [0.2, 0.25) is 0 Å². The minimum Gasteiger partial charge on any atom is -0.493 e. The van der Waals surface area contributed by atoms with Crippen LogP contribution in [0, 0.1) is 19.8 Å². The van der Waals surface area contributed by atoms with Gasteiger partial charge in [-0.15, -0.1) is 0 Å². The molecule has 0 aromatic carbocycles. The largest absolute Gasteiger partial charge is 0.493 e. The molecule has 35 heavy (non-hydrogen) atoms. The van der Waals surface area contributed by atoms with Crippen molar-refractivity contribution in [3.8, 4) is 5.75 Å². The second-order valence-electron chi connectivity index (χ2n) is 10.8. The second-order valence-corrected chi connectivity index (χ2v) is 10.8. The van der Waals surface area contributed by atoms with Crippen LogP contribution in [0.25, 0.3) is 0 Å². The van der Waals surface area contributed by atoms with Gasteiger partial charge in [0.2, 0.25) is 0 Å². The number of hydrogen-bond acceptors (Lipinski definition) is 9. The lowest BCUT2D eigenvalue weighted by Crippen LogP contribution is -2.67. The number of fused-ring (bicyclic) bond motifs is 3. The van der Waals surface area contributed by atoms with Crippen LogP contribution in [-0.2, 0) is 4.74 Å². The molecule has 9 heteroatoms. The summed E-state index contributed by atoms with van der Waals surface area (Å²) in [4.78, 5) is 7.26. The van der Waals surface area contributed by atoms with Gasteiger partial charge in [0.1, 0.15) is 0 Å². The molecule has 5 aliphatic rings. The summed E-state index contributed by atoms with van der Waals surface area (Å²) in [5.74, 6) is 2.26. The third-order valence-corrected chi connectivity index (χ3v) is 8.44. The Labute approximate surface area is 207 Å². The zero-order valence-corrected chi connectivity index (χ0v) is 21.1. The molecule has 6 unspecified atom stereocenters. The number of aryl methyl sites for hydroxylation is 2. The molecule has 1 aliphatic carbocycles. The van der Waals surface area contributed by atoms with Gasteiger partial charge in [-0.25, -0.2) is 10.4 Å². The fourth-order valence-electron chi connectivity index (χ4n) is 6.75. The number of nitrogens with one attached hydrogen (secondary N) is 3. The van der Waals surface area contributed by atoms with E-state index in [1.807, 2.05) is 19.3 Å². The minimum absolute atomic E-state index is 0.000824. The van der Waals surface area contributed by atoms with Crippen LogP contribution in [0.4, 0.5) is 5.82 Å². The average Bonchev–Trinajstić information content (AvgIpc) is 3.26. The first-order valence-corrected chi connectivity index (χ1v) is 13.0. The number of hydrogen-bond donors (Lipinski definition) is 3. The van der Waals surface area contributed by atoms with Crippen molar-refractivity contribution < 1.29 is 9.47 Å². The Morgan fingerprint density at radius 2 is 1.89 bits per heavy atom. The second kappa shape index (κ2) is 9.28. The maximum atomic E-state index is 6.61. The Bertz CT molecular complexity index is 1050. The predicted octanol–water partition coefficient (Wildman–Crippen LogP) is 2.51. The molecule has 4 saturated heterocycles. The third-order valence-electron chi connectivity index (χ3n) is 8.44. The van der Waals surface area contributed by atoms with Gasteiger partial charge in [-0.3, -0.25) is 5.43 Å². The van der Waals surface area contributed by atoms with Crippen LogP contribution < -0.4 is 25.8 Å². The van der Waals surface area contributed by atoms with E-state index in [1.54, 1.807) is 7.11 Å². The molecule has 4 aliphatic heterocycles. The number of piperazine rings is 1. The molecule has 3 N–H and O–H groups in total. The van der Waals surface area contributed by atoms with Crippen molar-refractivity contribution in [3.63, 3.8) is 0 Å². The number of aromatic nitrogens is 3. The van der Waals surface area contributed by atoms with Crippen molar-refractivity contribution in [1.29, 1.82) is 0 Å². The molecule has 2 bridgehead atoms. The molecule has 7 rings (SSSR count). The molecule has 6 heterocycles. The Kier molecular flexibility index (Phi) is 6.12. The molecule has 188 valence electrons. The van der Waals surface area contributed by atoms with Gasteiger partial charge in [0.15, 0.2) is 11.6 Å². The Hall–Kier alpha value is -2.33. The first-order chi connectivity index (χ1) is 17.0. The smallest absolute Gasteiger partial charge is 0.171 e. The summed E-state index contributed by atoms with van der Waals surface area (Å²) in [6.07, 6.45) is 8.49. The van der Waals surface area contributed by atoms with Gasteiger partial charge in [-0.05, 0) is 69.6 Å². The SMILES string of the molecule is COc1cc(C2NNC3CCC(O[C@H](C)c4c(C)cnnc4C)CC32)cnc1N1CC2CC(C1)N2. The maximum absolute atomic E-state index is 6.61. The molecule has 0 radical (unpaired) electrons. The average molecular weight is 480 g/mol. The summed E-state index contributed by atoms with van der Waals surface area (Å²) >= 11 is 0. The molecule has 0 spiro atoms. The van der Waals surface area contributed by atoms with E-state index in [2.05, 4.69) is 51.2 Å². The zero-order chi connectivity index (χ0) is 24.1. The molecule has 7 atom stereocenters. The molecular weight excluding hydrogens is 442 g/mol. The molecule has 2 aromatic rings. The molecular formula is C26H37N7O2. The van der Waals surface area contributed by atoms with Crippen molar-refractivity contribution in [2.24, 2.45) is 5.92 Å². The Balaban J connectivity index is 1.17. The van der Waals surface area contributed by atoms with E-state index in [4.69, 9.17) is 14.5 Å². The Morgan fingerprint density at radius 1 is 1.09 bits per heavy atom. The topological polar surface area (TPSA) is 96.5 Å². The standard InChI is InChI=1S/C26H37N7O2/c1-14-10-28-30-15(2)24(14)16(3)35-20-5-6-22-21(9-20)25(32-31-22)17-7-23(34-4)26(27-11-17)33-12-18-8-19(13-33)29-18/h7,10-11,16,18-22,25,29,31-32H,5-6,8-9,12-13H2,1-4H3/t16-,18?,19?,20?,21?,22?,25?/m1/s1. The van der Waals surface area contributed by atoms with Gasteiger partial charge in [0.05, 0.1) is 37.3 Å². The summed E-state index contributed by atoms with van der Waals surface area (Å²) in [6.45, 7) is 8.23. The van der Waals surface area contributed by atoms with Crippen LogP contribution in [0.3, 0.4) is 0 Å². The number of nitrogens with zero attached hydrogens (tertiary/aromatic N) is 4. The number of rotatable bonds is 6. The van der Waals surface area contributed by atoms with Gasteiger partial charge in [0, 0.05) is 43.0 Å². The lowest BCUT2D eigenvalue weighted by molar-refractivity contribution is -0.0377. The van der Waals surface area contributed by atoms with Crippen LogP contribution >= 0.6 is 0 Å². The summed E-state index contributed by atoms with van der Waals surface area (Å²) < 4.78 is 12.4. The van der Waals surface area contributed by atoms with E-state index in [9.17, 15) is 0 Å². The molecule has 2 aromatic heterocycles. The van der Waals surface area contributed by atoms with E-state index in [-0.39, 0.29) is 18.2 Å². The number of anilines is 1. The van der Waals surface area contributed by atoms with Crippen LogP contribution in [-0.4, -0.2) is 59.6 Å². The van der Waals surface area contributed by atoms with E-state index >= 15 is 0 Å². The van der Waals surface area contributed by atoms with Crippen molar-refractivity contribution in [2.45, 2.75) is 82.8 Å². The highest BCUT2D eigenvalue weighted by Gasteiger charge is 2.43. The monoisotopic (exact) mass is 479 g/mol. The summed E-state index contributed by atoms with van der Waals surface area (Å²) in [5, 5.41) is 11.9. The molecule has 1 saturated carbocycles. The fourth-order valence-corrected chi connectivity index (χ4v) is 6.75. The van der Waals surface area contributed by atoms with E-state index < -0.39 is 0 Å². The minimum atomic E-state index is -0.000824. The molecule has 9 nitrogen and oxygen atoms in total. The van der Waals surface area contributed by atoms with Crippen molar-refractivity contribution in [2.75, 3.05) is 25.1 Å². The van der Waals surface area contributed by atoms with Crippen molar-refractivity contribution in [3.05, 3.63) is 40.8 Å². The number of pyridine rings is 1.